The molecule has 0 aromatic carbocycles. The van der Waals surface area contributed by atoms with Crippen LogP contribution in [-0.2, 0) is 6.42 Å². The van der Waals surface area contributed by atoms with Gasteiger partial charge in [-0.2, -0.15) is 0 Å². The fourth-order valence-corrected chi connectivity index (χ4v) is 1.52. The molecule has 5 N–H and O–H groups in total. The van der Waals surface area contributed by atoms with E-state index in [1.807, 2.05) is 0 Å². The van der Waals surface area contributed by atoms with E-state index < -0.39 is 0 Å². The van der Waals surface area contributed by atoms with Crippen molar-refractivity contribution in [3.8, 4) is 0 Å². The average Bonchev–Trinajstić information content (AvgIpc) is 2.35. The van der Waals surface area contributed by atoms with Crippen LogP contribution in [0, 0.1) is 0 Å². The summed E-state index contributed by atoms with van der Waals surface area (Å²) in [7, 11) is 0. The third kappa shape index (κ3) is 3.36. The van der Waals surface area contributed by atoms with Crippen LogP contribution in [0.25, 0.3) is 0 Å². The van der Waals surface area contributed by atoms with Crippen LogP contribution >= 0.6 is 23.7 Å². The fraction of sp³-hybridized carbons (Fsp3) is 0.500. The summed E-state index contributed by atoms with van der Waals surface area (Å²) >= 11 is 1.41. The standard InChI is InChI=1S/C6H11N3OS.ClH/c7-4(3-10)1-5-2-9-6(8)11-5;/h2,4,10H,1,3,7H2,(H2,8,9);1H. The van der Waals surface area contributed by atoms with E-state index in [1.165, 1.54) is 11.3 Å². The van der Waals surface area contributed by atoms with Gasteiger partial charge in [-0.3, -0.25) is 0 Å². The molecule has 4 nitrogen and oxygen atoms in total. The SMILES string of the molecule is Cl.Nc1ncc(CC(N)CO)s1. The van der Waals surface area contributed by atoms with Gasteiger partial charge >= 0.3 is 0 Å². The van der Waals surface area contributed by atoms with E-state index in [-0.39, 0.29) is 25.1 Å². The normalized spacial score (nSPS) is 12.2. The van der Waals surface area contributed by atoms with Gasteiger partial charge in [-0.05, 0) is 0 Å². The van der Waals surface area contributed by atoms with Crippen LogP contribution in [-0.4, -0.2) is 22.7 Å². The Kier molecular flexibility index (Phi) is 5.16. The first-order valence-electron chi connectivity index (χ1n) is 3.29. The second-order valence-electron chi connectivity index (χ2n) is 2.31. The Hall–Kier alpha value is -0.360. The topological polar surface area (TPSA) is 85.2 Å². The molecule has 1 rings (SSSR count). The summed E-state index contributed by atoms with van der Waals surface area (Å²) in [6, 6.07) is -0.199. The van der Waals surface area contributed by atoms with Crippen LogP contribution in [0.1, 0.15) is 4.88 Å². The predicted molar refractivity (Wildman–Crippen MR) is 52.5 cm³/mol. The Morgan fingerprint density at radius 3 is 2.75 bits per heavy atom. The van der Waals surface area contributed by atoms with E-state index >= 15 is 0 Å². The Bertz CT molecular complexity index is 230. The lowest BCUT2D eigenvalue weighted by Gasteiger charge is -2.03. The number of anilines is 1. The number of thiazole rings is 1. The van der Waals surface area contributed by atoms with Crippen molar-refractivity contribution in [1.82, 2.24) is 4.98 Å². The van der Waals surface area contributed by atoms with Crippen LogP contribution in [0.2, 0.25) is 0 Å². The van der Waals surface area contributed by atoms with Gasteiger partial charge in [0.15, 0.2) is 5.13 Å². The average molecular weight is 210 g/mol. The zero-order valence-electron chi connectivity index (χ0n) is 6.43. The van der Waals surface area contributed by atoms with Crippen molar-refractivity contribution >= 4 is 28.9 Å². The number of nitrogen functional groups attached to an aromatic ring is 1. The summed E-state index contributed by atoms with van der Waals surface area (Å²) in [4.78, 5) is 4.88. The summed E-state index contributed by atoms with van der Waals surface area (Å²) < 4.78 is 0. The lowest BCUT2D eigenvalue weighted by molar-refractivity contribution is 0.265. The monoisotopic (exact) mass is 209 g/mol. The first kappa shape index (κ1) is 11.6. The number of hydrogen-bond donors (Lipinski definition) is 3. The van der Waals surface area contributed by atoms with Crippen LogP contribution in [0.15, 0.2) is 6.20 Å². The quantitative estimate of drug-likeness (QED) is 0.655. The molecule has 1 unspecified atom stereocenters. The highest BCUT2D eigenvalue weighted by atomic mass is 35.5. The lowest BCUT2D eigenvalue weighted by Crippen LogP contribution is -2.26. The van der Waals surface area contributed by atoms with Crippen molar-refractivity contribution in [2.24, 2.45) is 5.73 Å². The first-order valence-corrected chi connectivity index (χ1v) is 4.10. The highest BCUT2D eigenvalue weighted by Crippen LogP contribution is 2.15. The third-order valence-corrected chi connectivity index (χ3v) is 2.12. The van der Waals surface area contributed by atoms with Crippen molar-refractivity contribution in [2.45, 2.75) is 12.5 Å². The highest BCUT2D eigenvalue weighted by Gasteiger charge is 2.04. The van der Waals surface area contributed by atoms with Gasteiger partial charge in [0.25, 0.3) is 0 Å². The first-order chi connectivity index (χ1) is 5.22. The number of halogens is 1. The Balaban J connectivity index is 0.00000121. The highest BCUT2D eigenvalue weighted by molar-refractivity contribution is 7.15. The lowest BCUT2D eigenvalue weighted by atomic mass is 10.2. The van der Waals surface area contributed by atoms with Crippen molar-refractivity contribution in [3.63, 3.8) is 0 Å². The van der Waals surface area contributed by atoms with Crippen LogP contribution in [0.4, 0.5) is 5.13 Å². The molecule has 0 aliphatic heterocycles. The molecule has 0 aliphatic rings. The van der Waals surface area contributed by atoms with Gasteiger partial charge in [0, 0.05) is 23.5 Å². The molecular weight excluding hydrogens is 198 g/mol. The molecule has 1 aromatic rings. The van der Waals surface area contributed by atoms with Gasteiger partial charge in [0.1, 0.15) is 0 Å². The van der Waals surface area contributed by atoms with Gasteiger partial charge in [0.05, 0.1) is 6.61 Å². The van der Waals surface area contributed by atoms with Gasteiger partial charge < -0.3 is 16.6 Å². The molecule has 0 bridgehead atoms. The molecule has 0 radical (unpaired) electrons. The third-order valence-electron chi connectivity index (χ3n) is 1.27. The van der Waals surface area contributed by atoms with E-state index in [0.29, 0.717) is 11.6 Å². The fourth-order valence-electron chi connectivity index (χ4n) is 0.740. The van der Waals surface area contributed by atoms with Crippen molar-refractivity contribution in [2.75, 3.05) is 12.3 Å². The zero-order valence-corrected chi connectivity index (χ0v) is 8.07. The second-order valence-corrected chi connectivity index (χ2v) is 3.46. The molecule has 70 valence electrons. The van der Waals surface area contributed by atoms with E-state index in [2.05, 4.69) is 4.98 Å². The summed E-state index contributed by atoms with van der Waals surface area (Å²) in [6.07, 6.45) is 2.33. The molecule has 0 saturated carbocycles. The van der Waals surface area contributed by atoms with Crippen LogP contribution < -0.4 is 11.5 Å². The molecule has 1 aromatic heterocycles. The van der Waals surface area contributed by atoms with Crippen LogP contribution in [0.3, 0.4) is 0 Å². The predicted octanol–water partition coefficient (Wildman–Crippen LogP) is 0.00920. The molecule has 0 aliphatic carbocycles. The maximum atomic E-state index is 8.63. The number of hydrogen-bond acceptors (Lipinski definition) is 5. The molecule has 1 heterocycles. The van der Waals surface area contributed by atoms with Crippen LogP contribution in [0.5, 0.6) is 0 Å². The summed E-state index contributed by atoms with van der Waals surface area (Å²) in [5.41, 5.74) is 10.9. The molecule has 0 amide bonds. The number of aliphatic hydroxyl groups excluding tert-OH is 1. The Morgan fingerprint density at radius 2 is 2.33 bits per heavy atom. The summed E-state index contributed by atoms with van der Waals surface area (Å²) in [5, 5.41) is 9.18. The maximum absolute atomic E-state index is 8.63. The van der Waals surface area contributed by atoms with E-state index in [4.69, 9.17) is 16.6 Å². The van der Waals surface area contributed by atoms with Gasteiger partial charge in [-0.15, -0.1) is 23.7 Å². The summed E-state index contributed by atoms with van der Waals surface area (Å²) in [6.45, 7) is -0.00218. The molecule has 0 spiro atoms. The molecule has 1 atom stereocenters. The van der Waals surface area contributed by atoms with E-state index in [9.17, 15) is 0 Å². The summed E-state index contributed by atoms with van der Waals surface area (Å²) in [5.74, 6) is 0. The van der Waals surface area contributed by atoms with E-state index in [0.717, 1.165) is 4.88 Å². The number of aliphatic hydroxyl groups is 1. The van der Waals surface area contributed by atoms with Gasteiger partial charge in [-0.1, -0.05) is 0 Å². The molecule has 12 heavy (non-hydrogen) atoms. The number of aromatic nitrogens is 1. The Morgan fingerprint density at radius 1 is 1.67 bits per heavy atom. The van der Waals surface area contributed by atoms with Crippen molar-refractivity contribution < 1.29 is 5.11 Å². The number of rotatable bonds is 3. The smallest absolute Gasteiger partial charge is 0.180 e. The minimum absolute atomic E-state index is 0. The molecule has 0 saturated heterocycles. The number of nitrogens with two attached hydrogens (primary N) is 2. The second kappa shape index (κ2) is 5.31. The van der Waals surface area contributed by atoms with Crippen molar-refractivity contribution in [3.05, 3.63) is 11.1 Å². The van der Waals surface area contributed by atoms with E-state index in [1.54, 1.807) is 6.20 Å². The van der Waals surface area contributed by atoms with Gasteiger partial charge in [0.2, 0.25) is 0 Å². The molecule has 0 fully saturated rings. The number of nitrogens with zero attached hydrogens (tertiary/aromatic N) is 1. The molecular formula is C6H12ClN3OS. The minimum atomic E-state index is -0.199. The van der Waals surface area contributed by atoms with Crippen molar-refractivity contribution in [1.29, 1.82) is 0 Å². The maximum Gasteiger partial charge on any atom is 0.180 e. The largest absolute Gasteiger partial charge is 0.395 e. The zero-order chi connectivity index (χ0) is 8.27. The minimum Gasteiger partial charge on any atom is -0.395 e. The Labute approximate surface area is 81.0 Å². The van der Waals surface area contributed by atoms with Gasteiger partial charge in [-0.25, -0.2) is 4.98 Å². The molecule has 6 heteroatoms.